The van der Waals surface area contributed by atoms with Gasteiger partial charge in [-0.25, -0.2) is 0 Å². The molecule has 0 aromatic rings. The second kappa shape index (κ2) is 3.10. The van der Waals surface area contributed by atoms with Crippen LogP contribution in [0.5, 0.6) is 0 Å². The minimum absolute atomic E-state index is 0.263. The SMILES string of the molecule is CN1C(=O)C(C(N)=O)CCC1N. The first-order valence-corrected chi connectivity index (χ1v) is 3.85. The molecule has 0 aromatic carbocycles. The van der Waals surface area contributed by atoms with E-state index in [9.17, 15) is 9.59 Å². The van der Waals surface area contributed by atoms with E-state index in [1.165, 1.54) is 4.90 Å². The first-order valence-electron chi connectivity index (χ1n) is 3.85. The Morgan fingerprint density at radius 1 is 1.58 bits per heavy atom. The van der Waals surface area contributed by atoms with Crippen molar-refractivity contribution in [2.24, 2.45) is 17.4 Å². The molecular formula is C7H13N3O2. The molecule has 4 N–H and O–H groups in total. The van der Waals surface area contributed by atoms with E-state index in [1.807, 2.05) is 0 Å². The van der Waals surface area contributed by atoms with Crippen molar-refractivity contribution in [3.05, 3.63) is 0 Å². The smallest absolute Gasteiger partial charge is 0.236 e. The Kier molecular flexibility index (Phi) is 2.32. The lowest BCUT2D eigenvalue weighted by atomic mass is 9.95. The second-order valence-electron chi connectivity index (χ2n) is 3.05. The summed E-state index contributed by atoms with van der Waals surface area (Å²) >= 11 is 0. The van der Waals surface area contributed by atoms with Gasteiger partial charge in [-0.3, -0.25) is 9.59 Å². The predicted octanol–water partition coefficient (Wildman–Crippen LogP) is -1.38. The van der Waals surface area contributed by atoms with Crippen LogP contribution in [0.25, 0.3) is 0 Å². The maximum Gasteiger partial charge on any atom is 0.236 e. The van der Waals surface area contributed by atoms with Gasteiger partial charge in [-0.15, -0.1) is 0 Å². The van der Waals surface area contributed by atoms with Crippen LogP contribution in [0.3, 0.4) is 0 Å². The first kappa shape index (κ1) is 8.99. The molecule has 0 saturated carbocycles. The zero-order valence-electron chi connectivity index (χ0n) is 6.99. The Morgan fingerprint density at radius 2 is 2.17 bits per heavy atom. The molecule has 0 bridgehead atoms. The summed E-state index contributed by atoms with van der Waals surface area (Å²) in [6, 6.07) is 0. The number of likely N-dealkylation sites (tertiary alicyclic amines) is 1. The molecule has 1 rings (SSSR count). The quantitative estimate of drug-likeness (QED) is 0.477. The lowest BCUT2D eigenvalue weighted by Gasteiger charge is -2.32. The van der Waals surface area contributed by atoms with Crippen molar-refractivity contribution in [1.82, 2.24) is 4.90 Å². The van der Waals surface area contributed by atoms with Crippen LogP contribution in [0.15, 0.2) is 0 Å². The zero-order chi connectivity index (χ0) is 9.30. The third-order valence-electron chi connectivity index (χ3n) is 2.24. The van der Waals surface area contributed by atoms with Crippen LogP contribution in [-0.2, 0) is 9.59 Å². The highest BCUT2D eigenvalue weighted by Crippen LogP contribution is 2.18. The van der Waals surface area contributed by atoms with Gasteiger partial charge in [-0.2, -0.15) is 0 Å². The van der Waals surface area contributed by atoms with E-state index in [-0.39, 0.29) is 12.1 Å². The van der Waals surface area contributed by atoms with Crippen LogP contribution in [0.1, 0.15) is 12.8 Å². The van der Waals surface area contributed by atoms with Crippen LogP contribution < -0.4 is 11.5 Å². The summed E-state index contributed by atoms with van der Waals surface area (Å²) in [5, 5.41) is 0. The maximum absolute atomic E-state index is 11.3. The Balaban J connectivity index is 2.72. The van der Waals surface area contributed by atoms with Gasteiger partial charge in [0.2, 0.25) is 11.8 Å². The van der Waals surface area contributed by atoms with Crippen molar-refractivity contribution in [3.63, 3.8) is 0 Å². The Morgan fingerprint density at radius 3 is 2.67 bits per heavy atom. The van der Waals surface area contributed by atoms with Crippen LogP contribution in [-0.4, -0.2) is 29.9 Å². The minimum atomic E-state index is -0.671. The molecule has 68 valence electrons. The van der Waals surface area contributed by atoms with Gasteiger partial charge in [-0.05, 0) is 12.8 Å². The molecular weight excluding hydrogens is 158 g/mol. The van der Waals surface area contributed by atoms with E-state index >= 15 is 0 Å². The highest BCUT2D eigenvalue weighted by molar-refractivity contribution is 5.99. The van der Waals surface area contributed by atoms with E-state index in [2.05, 4.69) is 0 Å². The molecule has 1 aliphatic rings. The van der Waals surface area contributed by atoms with E-state index in [4.69, 9.17) is 11.5 Å². The Labute approximate surface area is 70.7 Å². The fourth-order valence-corrected chi connectivity index (χ4v) is 1.33. The summed E-state index contributed by atoms with van der Waals surface area (Å²) in [5.41, 5.74) is 10.6. The number of rotatable bonds is 1. The van der Waals surface area contributed by atoms with Crippen LogP contribution >= 0.6 is 0 Å². The van der Waals surface area contributed by atoms with E-state index in [0.717, 1.165) is 0 Å². The summed E-state index contributed by atoms with van der Waals surface area (Å²) in [5.74, 6) is -1.49. The molecule has 2 amide bonds. The number of piperidine rings is 1. The molecule has 1 saturated heterocycles. The van der Waals surface area contributed by atoms with Gasteiger partial charge in [0.1, 0.15) is 5.92 Å². The number of nitrogens with two attached hydrogens (primary N) is 2. The summed E-state index contributed by atoms with van der Waals surface area (Å²) < 4.78 is 0. The number of carbonyl (C=O) groups is 2. The fraction of sp³-hybridized carbons (Fsp3) is 0.714. The number of hydrogen-bond acceptors (Lipinski definition) is 3. The van der Waals surface area contributed by atoms with Gasteiger partial charge in [0, 0.05) is 7.05 Å². The molecule has 1 aliphatic heterocycles. The number of hydrogen-bond donors (Lipinski definition) is 2. The highest BCUT2D eigenvalue weighted by atomic mass is 16.2. The summed E-state index contributed by atoms with van der Waals surface area (Å²) in [4.78, 5) is 23.4. The topological polar surface area (TPSA) is 89.4 Å². The zero-order valence-corrected chi connectivity index (χ0v) is 6.99. The molecule has 1 heterocycles. The molecule has 1 fully saturated rings. The van der Waals surface area contributed by atoms with E-state index in [0.29, 0.717) is 12.8 Å². The Bertz CT molecular complexity index is 217. The second-order valence-corrected chi connectivity index (χ2v) is 3.05. The molecule has 0 aliphatic carbocycles. The fourth-order valence-electron chi connectivity index (χ4n) is 1.33. The average Bonchev–Trinajstić information content (AvgIpc) is 2.00. The van der Waals surface area contributed by atoms with Crippen molar-refractivity contribution in [2.75, 3.05) is 7.05 Å². The first-order chi connectivity index (χ1) is 5.54. The van der Waals surface area contributed by atoms with E-state index in [1.54, 1.807) is 7.05 Å². The molecule has 2 unspecified atom stereocenters. The monoisotopic (exact) mass is 171 g/mol. The van der Waals surface area contributed by atoms with Crippen LogP contribution in [0.2, 0.25) is 0 Å². The molecule has 12 heavy (non-hydrogen) atoms. The number of amides is 2. The number of nitrogens with zero attached hydrogens (tertiary/aromatic N) is 1. The van der Waals surface area contributed by atoms with E-state index < -0.39 is 11.8 Å². The highest BCUT2D eigenvalue weighted by Gasteiger charge is 2.34. The normalized spacial score (nSPS) is 30.5. The molecule has 0 aromatic heterocycles. The standard InChI is InChI=1S/C7H13N3O2/c1-10-5(8)3-2-4(6(9)11)7(10)12/h4-5H,2-3,8H2,1H3,(H2,9,11). The molecule has 0 radical (unpaired) electrons. The van der Waals surface area contributed by atoms with Gasteiger partial charge in [-0.1, -0.05) is 0 Å². The lowest BCUT2D eigenvalue weighted by molar-refractivity contribution is -0.145. The van der Waals surface area contributed by atoms with Gasteiger partial charge >= 0.3 is 0 Å². The van der Waals surface area contributed by atoms with Crippen molar-refractivity contribution in [3.8, 4) is 0 Å². The van der Waals surface area contributed by atoms with Crippen molar-refractivity contribution >= 4 is 11.8 Å². The summed E-state index contributed by atoms with van der Waals surface area (Å²) in [6.45, 7) is 0. The summed E-state index contributed by atoms with van der Waals surface area (Å²) in [7, 11) is 1.59. The third-order valence-corrected chi connectivity index (χ3v) is 2.24. The van der Waals surface area contributed by atoms with Gasteiger partial charge in [0.15, 0.2) is 0 Å². The van der Waals surface area contributed by atoms with Crippen LogP contribution in [0.4, 0.5) is 0 Å². The molecule has 2 atom stereocenters. The van der Waals surface area contributed by atoms with Gasteiger partial charge in [0.05, 0.1) is 6.17 Å². The number of primary amides is 1. The predicted molar refractivity (Wildman–Crippen MR) is 42.7 cm³/mol. The molecule has 5 nitrogen and oxygen atoms in total. The largest absolute Gasteiger partial charge is 0.369 e. The van der Waals surface area contributed by atoms with Crippen LogP contribution in [0, 0.1) is 5.92 Å². The van der Waals surface area contributed by atoms with Gasteiger partial charge in [0.25, 0.3) is 0 Å². The van der Waals surface area contributed by atoms with Gasteiger partial charge < -0.3 is 16.4 Å². The minimum Gasteiger partial charge on any atom is -0.369 e. The lowest BCUT2D eigenvalue weighted by Crippen LogP contribution is -2.52. The molecule has 0 spiro atoms. The van der Waals surface area contributed by atoms with Crippen molar-refractivity contribution in [1.29, 1.82) is 0 Å². The average molecular weight is 171 g/mol. The van der Waals surface area contributed by atoms with Crippen molar-refractivity contribution < 1.29 is 9.59 Å². The number of carbonyl (C=O) groups excluding carboxylic acids is 2. The van der Waals surface area contributed by atoms with Crippen molar-refractivity contribution in [2.45, 2.75) is 19.0 Å². The molecule has 5 heteroatoms. The summed E-state index contributed by atoms with van der Waals surface area (Å²) in [6.07, 6.45) is 0.836. The maximum atomic E-state index is 11.3. The third kappa shape index (κ3) is 1.40. The Hall–Kier alpha value is -1.10.